The highest BCUT2D eigenvalue weighted by Gasteiger charge is 2.39. The summed E-state index contributed by atoms with van der Waals surface area (Å²) in [4.78, 5) is 21.1. The maximum Gasteiger partial charge on any atom is 0.229 e. The lowest BCUT2D eigenvalue weighted by molar-refractivity contribution is -0.121. The molecule has 0 saturated carbocycles. The predicted octanol–water partition coefficient (Wildman–Crippen LogP) is 2.90. The van der Waals surface area contributed by atoms with Crippen LogP contribution in [0.5, 0.6) is 0 Å². The number of hydrogen-bond acceptors (Lipinski definition) is 6. The fourth-order valence-corrected chi connectivity index (χ4v) is 3.78. The first-order chi connectivity index (χ1) is 14.4. The van der Waals surface area contributed by atoms with Gasteiger partial charge in [0, 0.05) is 29.2 Å². The van der Waals surface area contributed by atoms with E-state index in [0.29, 0.717) is 23.2 Å². The van der Waals surface area contributed by atoms with Gasteiger partial charge in [-0.15, -0.1) is 0 Å². The molecule has 0 unspecified atom stereocenters. The molecule has 156 valence electrons. The lowest BCUT2D eigenvalue weighted by atomic mass is 9.88. The molecule has 8 nitrogen and oxygen atoms in total. The molecule has 0 bridgehead atoms. The number of nitrogens with one attached hydrogen (secondary N) is 3. The van der Waals surface area contributed by atoms with Crippen molar-refractivity contribution in [3.05, 3.63) is 59.0 Å². The third-order valence-corrected chi connectivity index (χ3v) is 5.64. The summed E-state index contributed by atoms with van der Waals surface area (Å²) in [6.45, 7) is 4.10. The van der Waals surface area contributed by atoms with Gasteiger partial charge in [-0.3, -0.25) is 9.89 Å². The molecule has 0 aliphatic carbocycles. The Kier molecular flexibility index (Phi) is 5.69. The second-order valence-electron chi connectivity index (χ2n) is 7.51. The van der Waals surface area contributed by atoms with Crippen molar-refractivity contribution in [1.82, 2.24) is 25.5 Å². The van der Waals surface area contributed by atoms with E-state index in [2.05, 4.69) is 30.8 Å². The van der Waals surface area contributed by atoms with Crippen LogP contribution in [-0.2, 0) is 4.79 Å². The minimum absolute atomic E-state index is 0.125. The lowest BCUT2D eigenvalue weighted by Gasteiger charge is -2.19. The first-order valence-corrected chi connectivity index (χ1v) is 10.2. The molecule has 3 aromatic rings. The van der Waals surface area contributed by atoms with Crippen molar-refractivity contribution in [3.8, 4) is 11.3 Å². The van der Waals surface area contributed by atoms with Crippen molar-refractivity contribution < 1.29 is 9.90 Å². The molecule has 0 radical (unpaired) electrons. The maximum atomic E-state index is 12.3. The van der Waals surface area contributed by atoms with E-state index >= 15 is 0 Å². The highest BCUT2D eigenvalue weighted by molar-refractivity contribution is 6.30. The summed E-state index contributed by atoms with van der Waals surface area (Å²) in [5.74, 6) is -0.425. The minimum Gasteiger partial charge on any atom is -0.393 e. The number of hydrogen-bond donors (Lipinski definition) is 4. The molecule has 3 heterocycles. The van der Waals surface area contributed by atoms with E-state index in [9.17, 15) is 9.90 Å². The summed E-state index contributed by atoms with van der Waals surface area (Å²) in [6.07, 6.45) is 1.00. The minimum atomic E-state index is -0.615. The fraction of sp³-hybridized carbons (Fsp3) is 0.333. The Bertz CT molecular complexity index is 1040. The van der Waals surface area contributed by atoms with Crippen LogP contribution in [0.15, 0.2) is 42.6 Å². The van der Waals surface area contributed by atoms with E-state index in [4.69, 9.17) is 11.6 Å². The van der Waals surface area contributed by atoms with E-state index in [1.807, 2.05) is 37.3 Å². The molecule has 9 heteroatoms. The summed E-state index contributed by atoms with van der Waals surface area (Å²) in [5.41, 5.74) is 3.23. The number of aliphatic hydroxyl groups excluding tert-OH is 1. The molecule has 30 heavy (non-hydrogen) atoms. The molecule has 1 amide bonds. The van der Waals surface area contributed by atoms with Crippen LogP contribution in [0.4, 0.5) is 5.95 Å². The number of aromatic nitrogens is 4. The highest BCUT2D eigenvalue weighted by atomic mass is 35.5. The van der Waals surface area contributed by atoms with Crippen LogP contribution in [0.1, 0.15) is 37.2 Å². The van der Waals surface area contributed by atoms with E-state index in [-0.39, 0.29) is 17.9 Å². The molecule has 0 spiro atoms. The van der Waals surface area contributed by atoms with Crippen LogP contribution >= 0.6 is 11.6 Å². The Morgan fingerprint density at radius 2 is 2.00 bits per heavy atom. The van der Waals surface area contributed by atoms with Crippen molar-refractivity contribution in [1.29, 1.82) is 0 Å². The Morgan fingerprint density at radius 3 is 2.73 bits per heavy atom. The molecule has 1 aliphatic heterocycles. The summed E-state index contributed by atoms with van der Waals surface area (Å²) >= 11 is 5.95. The quantitative estimate of drug-likeness (QED) is 0.481. The third-order valence-electron chi connectivity index (χ3n) is 5.39. The van der Waals surface area contributed by atoms with Gasteiger partial charge >= 0.3 is 0 Å². The molecule has 2 aromatic heterocycles. The van der Waals surface area contributed by atoms with Gasteiger partial charge in [-0.2, -0.15) is 5.10 Å². The normalized spacial score (nSPS) is 20.6. The molecule has 1 aliphatic rings. The topological polar surface area (TPSA) is 116 Å². The molecule has 1 fully saturated rings. The smallest absolute Gasteiger partial charge is 0.229 e. The van der Waals surface area contributed by atoms with Crippen molar-refractivity contribution in [2.75, 3.05) is 11.9 Å². The van der Waals surface area contributed by atoms with Crippen LogP contribution in [0.2, 0.25) is 5.02 Å². The zero-order chi connectivity index (χ0) is 21.3. The SMILES string of the molecule is C[C@H](Nc1nccc([C@@H]2C(=O)NC[C@@H]2[C@@H](C)O)n1)c1cc(-c2ccc(Cl)cc2)n[nH]1. The van der Waals surface area contributed by atoms with Gasteiger partial charge in [-0.05, 0) is 38.1 Å². The summed E-state index contributed by atoms with van der Waals surface area (Å²) < 4.78 is 0. The van der Waals surface area contributed by atoms with Crippen LogP contribution in [0.3, 0.4) is 0 Å². The van der Waals surface area contributed by atoms with Crippen molar-refractivity contribution in [3.63, 3.8) is 0 Å². The predicted molar refractivity (Wildman–Crippen MR) is 114 cm³/mol. The largest absolute Gasteiger partial charge is 0.393 e. The molecule has 1 aromatic carbocycles. The maximum absolute atomic E-state index is 12.3. The summed E-state index contributed by atoms with van der Waals surface area (Å²) in [7, 11) is 0. The van der Waals surface area contributed by atoms with Crippen LogP contribution < -0.4 is 10.6 Å². The number of aromatic amines is 1. The van der Waals surface area contributed by atoms with Crippen molar-refractivity contribution >= 4 is 23.5 Å². The van der Waals surface area contributed by atoms with Gasteiger partial charge in [0.15, 0.2) is 0 Å². The first-order valence-electron chi connectivity index (χ1n) is 9.79. The second-order valence-corrected chi connectivity index (χ2v) is 7.95. The molecule has 1 saturated heterocycles. The van der Waals surface area contributed by atoms with E-state index < -0.39 is 12.0 Å². The van der Waals surface area contributed by atoms with Gasteiger partial charge in [0.05, 0.1) is 35.1 Å². The van der Waals surface area contributed by atoms with Crippen molar-refractivity contribution in [2.45, 2.75) is 31.9 Å². The highest BCUT2D eigenvalue weighted by Crippen LogP contribution is 2.31. The number of H-pyrrole nitrogens is 1. The van der Waals surface area contributed by atoms with E-state index in [1.165, 1.54) is 0 Å². The van der Waals surface area contributed by atoms with Gasteiger partial charge in [0.1, 0.15) is 0 Å². The Labute approximate surface area is 179 Å². The Balaban J connectivity index is 1.50. The average Bonchev–Trinajstić information content (AvgIpc) is 3.36. The molecular formula is C21H23ClN6O2. The molecule has 4 N–H and O–H groups in total. The third kappa shape index (κ3) is 4.15. The average molecular weight is 427 g/mol. The number of halogens is 1. The second kappa shape index (κ2) is 8.41. The van der Waals surface area contributed by atoms with Crippen LogP contribution in [0, 0.1) is 5.92 Å². The summed E-state index contributed by atoms with van der Waals surface area (Å²) in [6, 6.07) is 11.0. The number of benzene rings is 1. The summed E-state index contributed by atoms with van der Waals surface area (Å²) in [5, 5.41) is 24.1. The Morgan fingerprint density at radius 1 is 1.23 bits per heavy atom. The monoisotopic (exact) mass is 426 g/mol. The molecule has 4 rings (SSSR count). The van der Waals surface area contributed by atoms with Gasteiger partial charge in [-0.25, -0.2) is 9.97 Å². The number of aliphatic hydroxyl groups is 1. The number of carbonyl (C=O) groups excluding carboxylic acids is 1. The Hall–Kier alpha value is -2.97. The number of carbonyl (C=O) groups is 1. The van der Waals surface area contributed by atoms with Gasteiger partial charge in [0.25, 0.3) is 0 Å². The fourth-order valence-electron chi connectivity index (χ4n) is 3.66. The zero-order valence-electron chi connectivity index (χ0n) is 16.6. The zero-order valence-corrected chi connectivity index (χ0v) is 17.4. The van der Waals surface area contributed by atoms with Crippen LogP contribution in [-0.4, -0.2) is 43.8 Å². The van der Waals surface area contributed by atoms with E-state index in [1.54, 1.807) is 19.2 Å². The molecular weight excluding hydrogens is 404 g/mol. The van der Waals surface area contributed by atoms with Gasteiger partial charge in [-0.1, -0.05) is 23.7 Å². The molecule has 4 atom stereocenters. The number of rotatable bonds is 6. The lowest BCUT2D eigenvalue weighted by Crippen LogP contribution is -2.25. The van der Waals surface area contributed by atoms with Crippen LogP contribution in [0.25, 0.3) is 11.3 Å². The standard InChI is InChI=1S/C21H23ClN6O2/c1-11(17-9-18(28-27-17)13-3-5-14(22)6-4-13)25-21-23-8-7-16(26-21)19-15(12(2)29)10-24-20(19)30/h3-9,11-12,15,19,29H,10H2,1-2H3,(H,24,30)(H,27,28)(H,23,25,26)/t11-,12+,15+,19+/m0/s1. The number of nitrogens with zero attached hydrogens (tertiary/aromatic N) is 3. The van der Waals surface area contributed by atoms with Gasteiger partial charge in [0.2, 0.25) is 11.9 Å². The van der Waals surface area contributed by atoms with E-state index in [0.717, 1.165) is 17.0 Å². The number of anilines is 1. The van der Waals surface area contributed by atoms with Gasteiger partial charge < -0.3 is 15.7 Å². The first kappa shape index (κ1) is 20.3. The van der Waals surface area contributed by atoms with Crippen molar-refractivity contribution in [2.24, 2.45) is 5.92 Å². The number of amides is 1.